The maximum absolute atomic E-state index is 13.4. The SMILES string of the molecule is Nc1ccc(-c2nc3cc(Cl)cc(Cl)c3o2)cc1F. The molecule has 6 heteroatoms. The molecular weight excluding hydrogens is 290 g/mol. The Hall–Kier alpha value is -1.78. The molecule has 0 aliphatic carbocycles. The first kappa shape index (κ1) is 12.3. The molecule has 3 aromatic rings. The van der Waals surface area contributed by atoms with Crippen LogP contribution in [-0.2, 0) is 0 Å². The zero-order chi connectivity index (χ0) is 13.6. The number of oxazole rings is 1. The summed E-state index contributed by atoms with van der Waals surface area (Å²) in [5, 5.41) is 0.818. The van der Waals surface area contributed by atoms with Gasteiger partial charge >= 0.3 is 0 Å². The van der Waals surface area contributed by atoms with E-state index in [1.54, 1.807) is 18.2 Å². The van der Waals surface area contributed by atoms with Gasteiger partial charge in [-0.2, -0.15) is 0 Å². The summed E-state index contributed by atoms with van der Waals surface area (Å²) in [7, 11) is 0. The summed E-state index contributed by atoms with van der Waals surface area (Å²) in [6.07, 6.45) is 0. The first-order chi connectivity index (χ1) is 9.04. The molecule has 0 bridgehead atoms. The Morgan fingerprint density at radius 3 is 2.68 bits per heavy atom. The Kier molecular flexibility index (Phi) is 2.84. The number of hydrogen-bond donors (Lipinski definition) is 1. The van der Waals surface area contributed by atoms with Gasteiger partial charge < -0.3 is 10.2 Å². The Morgan fingerprint density at radius 2 is 1.95 bits per heavy atom. The Morgan fingerprint density at radius 1 is 1.16 bits per heavy atom. The summed E-state index contributed by atoms with van der Waals surface area (Å²) < 4.78 is 18.9. The van der Waals surface area contributed by atoms with E-state index in [4.69, 9.17) is 33.4 Å². The van der Waals surface area contributed by atoms with Gasteiger partial charge in [0.1, 0.15) is 11.3 Å². The number of fused-ring (bicyclic) bond motifs is 1. The van der Waals surface area contributed by atoms with E-state index >= 15 is 0 Å². The quantitative estimate of drug-likeness (QED) is 0.672. The third kappa shape index (κ3) is 2.13. The van der Waals surface area contributed by atoms with Crippen LogP contribution in [0, 0.1) is 5.82 Å². The summed E-state index contributed by atoms with van der Waals surface area (Å²) in [5.74, 6) is -0.262. The highest BCUT2D eigenvalue weighted by Gasteiger charge is 2.13. The van der Waals surface area contributed by atoms with E-state index in [1.165, 1.54) is 12.1 Å². The van der Waals surface area contributed by atoms with Crippen LogP contribution in [0.3, 0.4) is 0 Å². The monoisotopic (exact) mass is 296 g/mol. The van der Waals surface area contributed by atoms with Crippen molar-refractivity contribution < 1.29 is 8.81 Å². The maximum Gasteiger partial charge on any atom is 0.227 e. The first-order valence-corrected chi connectivity index (χ1v) is 6.11. The lowest BCUT2D eigenvalue weighted by Gasteiger charge is -1.98. The molecule has 0 saturated heterocycles. The van der Waals surface area contributed by atoms with E-state index in [9.17, 15) is 4.39 Å². The van der Waals surface area contributed by atoms with Crippen molar-refractivity contribution in [3.8, 4) is 11.5 Å². The zero-order valence-corrected chi connectivity index (χ0v) is 11.0. The van der Waals surface area contributed by atoms with Crippen LogP contribution in [0.2, 0.25) is 10.0 Å². The third-order valence-electron chi connectivity index (χ3n) is 2.66. The molecule has 1 heterocycles. The number of benzene rings is 2. The number of anilines is 1. The molecule has 2 aromatic carbocycles. The summed E-state index contributed by atoms with van der Waals surface area (Å²) >= 11 is 11.9. The van der Waals surface area contributed by atoms with Gasteiger partial charge in [-0.05, 0) is 30.3 Å². The number of nitrogens with two attached hydrogens (primary N) is 1. The minimum Gasteiger partial charge on any atom is -0.435 e. The molecule has 0 aliphatic heterocycles. The van der Waals surface area contributed by atoms with Gasteiger partial charge in [0.2, 0.25) is 5.89 Å². The zero-order valence-electron chi connectivity index (χ0n) is 9.45. The molecule has 3 nitrogen and oxygen atoms in total. The summed E-state index contributed by atoms with van der Waals surface area (Å²) in [6.45, 7) is 0. The highest BCUT2D eigenvalue weighted by atomic mass is 35.5. The molecule has 0 saturated carbocycles. The van der Waals surface area contributed by atoms with Crippen LogP contribution >= 0.6 is 23.2 Å². The fraction of sp³-hybridized carbons (Fsp3) is 0. The average Bonchev–Trinajstić information content (AvgIpc) is 2.76. The molecule has 0 radical (unpaired) electrons. The Balaban J connectivity index is 2.20. The van der Waals surface area contributed by atoms with E-state index in [0.29, 0.717) is 26.7 Å². The van der Waals surface area contributed by atoms with E-state index in [0.717, 1.165) is 0 Å². The lowest BCUT2D eigenvalue weighted by atomic mass is 10.2. The molecule has 0 atom stereocenters. The average molecular weight is 297 g/mol. The molecule has 0 unspecified atom stereocenters. The van der Waals surface area contributed by atoms with Gasteiger partial charge in [0.25, 0.3) is 0 Å². The van der Waals surface area contributed by atoms with Crippen LogP contribution in [0.25, 0.3) is 22.6 Å². The molecule has 96 valence electrons. The van der Waals surface area contributed by atoms with Crippen LogP contribution in [0.15, 0.2) is 34.7 Å². The van der Waals surface area contributed by atoms with Crippen molar-refractivity contribution in [1.29, 1.82) is 0 Å². The molecular formula is C13H7Cl2FN2O. The number of nitrogen functional groups attached to an aromatic ring is 1. The van der Waals surface area contributed by atoms with Crippen molar-refractivity contribution in [2.75, 3.05) is 5.73 Å². The van der Waals surface area contributed by atoms with Crippen LogP contribution in [0.1, 0.15) is 0 Å². The lowest BCUT2D eigenvalue weighted by Crippen LogP contribution is -1.90. The van der Waals surface area contributed by atoms with Crippen molar-refractivity contribution in [1.82, 2.24) is 4.98 Å². The largest absolute Gasteiger partial charge is 0.435 e. The molecule has 0 spiro atoms. The van der Waals surface area contributed by atoms with Crippen LogP contribution in [0.5, 0.6) is 0 Å². The molecule has 3 rings (SSSR count). The van der Waals surface area contributed by atoms with E-state index in [-0.39, 0.29) is 11.6 Å². The second kappa shape index (κ2) is 4.40. The highest BCUT2D eigenvalue weighted by Crippen LogP contribution is 2.32. The molecule has 2 N–H and O–H groups in total. The second-order valence-electron chi connectivity index (χ2n) is 3.99. The topological polar surface area (TPSA) is 52.0 Å². The minimum absolute atomic E-state index is 0.0703. The van der Waals surface area contributed by atoms with Gasteiger partial charge in [-0.3, -0.25) is 0 Å². The predicted octanol–water partition coefficient (Wildman–Crippen LogP) is 4.52. The van der Waals surface area contributed by atoms with Gasteiger partial charge in [-0.1, -0.05) is 23.2 Å². The summed E-state index contributed by atoms with van der Waals surface area (Å²) in [4.78, 5) is 4.23. The Labute approximate surface area is 117 Å². The summed E-state index contributed by atoms with van der Waals surface area (Å²) in [6, 6.07) is 7.52. The van der Waals surface area contributed by atoms with Crippen molar-refractivity contribution in [3.63, 3.8) is 0 Å². The fourth-order valence-corrected chi connectivity index (χ4v) is 2.26. The maximum atomic E-state index is 13.4. The molecule has 0 fully saturated rings. The number of nitrogens with zero attached hydrogens (tertiary/aromatic N) is 1. The minimum atomic E-state index is -0.524. The number of halogens is 3. The van der Waals surface area contributed by atoms with E-state index in [2.05, 4.69) is 4.98 Å². The normalized spacial score (nSPS) is 11.1. The van der Waals surface area contributed by atoms with Crippen LogP contribution in [0.4, 0.5) is 10.1 Å². The molecule has 0 amide bonds. The predicted molar refractivity (Wildman–Crippen MR) is 73.8 cm³/mol. The van der Waals surface area contributed by atoms with Crippen molar-refractivity contribution >= 4 is 40.0 Å². The standard InChI is InChI=1S/C13H7Cl2FN2O/c14-7-4-8(15)12-11(5-7)18-13(19-12)6-1-2-10(17)9(16)3-6/h1-5H,17H2. The third-order valence-corrected chi connectivity index (χ3v) is 3.16. The lowest BCUT2D eigenvalue weighted by molar-refractivity contribution is 0.613. The summed E-state index contributed by atoms with van der Waals surface area (Å²) in [5.41, 5.74) is 6.91. The van der Waals surface area contributed by atoms with E-state index in [1.807, 2.05) is 0 Å². The van der Waals surface area contributed by atoms with Gasteiger partial charge in [0.15, 0.2) is 5.58 Å². The van der Waals surface area contributed by atoms with Gasteiger partial charge in [-0.15, -0.1) is 0 Å². The number of hydrogen-bond acceptors (Lipinski definition) is 3. The highest BCUT2D eigenvalue weighted by molar-refractivity contribution is 6.38. The molecule has 0 aliphatic rings. The fourth-order valence-electron chi connectivity index (χ4n) is 1.74. The smallest absolute Gasteiger partial charge is 0.227 e. The second-order valence-corrected chi connectivity index (χ2v) is 4.83. The molecule has 1 aromatic heterocycles. The van der Waals surface area contributed by atoms with Crippen molar-refractivity contribution in [2.45, 2.75) is 0 Å². The van der Waals surface area contributed by atoms with Crippen LogP contribution in [-0.4, -0.2) is 4.98 Å². The Bertz CT molecular complexity index is 786. The van der Waals surface area contributed by atoms with Crippen molar-refractivity contribution in [2.24, 2.45) is 0 Å². The number of aromatic nitrogens is 1. The van der Waals surface area contributed by atoms with E-state index < -0.39 is 5.82 Å². The first-order valence-electron chi connectivity index (χ1n) is 5.35. The van der Waals surface area contributed by atoms with Crippen LogP contribution < -0.4 is 5.73 Å². The molecule has 19 heavy (non-hydrogen) atoms. The van der Waals surface area contributed by atoms with Crippen molar-refractivity contribution in [3.05, 3.63) is 46.2 Å². The van der Waals surface area contributed by atoms with Gasteiger partial charge in [-0.25, -0.2) is 9.37 Å². The van der Waals surface area contributed by atoms with Gasteiger partial charge in [0.05, 0.1) is 10.7 Å². The number of rotatable bonds is 1. The van der Waals surface area contributed by atoms with Gasteiger partial charge in [0, 0.05) is 10.6 Å².